The summed E-state index contributed by atoms with van der Waals surface area (Å²) in [5, 5.41) is 27.5. The topological polar surface area (TPSA) is 343 Å². The number of urea groups is 1. The molecule has 2 heterocycles. The van der Waals surface area contributed by atoms with E-state index in [4.69, 9.17) is 32.5 Å². The predicted molar refractivity (Wildman–Crippen MR) is 220 cm³/mol. The molecule has 63 heavy (non-hydrogen) atoms. The highest BCUT2D eigenvalue weighted by molar-refractivity contribution is 7.81. The zero-order chi connectivity index (χ0) is 46.1. The summed E-state index contributed by atoms with van der Waals surface area (Å²) in [6.07, 6.45) is 2.50. The first-order valence-electron chi connectivity index (χ1n) is 19.3. The standard InChI is InChI=1S/C36H50BN11O14S/c1-59-13-10-41-63(58)45-36(57)62-22-27(16-33(53)54)48-19-26(44-46-48)21-61-20-24-15-25(5-4-23(24)17-37)42-34(55)28(3-2-9-39-35(38)56)43-30(50)18-40-29(49)8-12-60-14-11-47-31(51)6-7-32(47)52/h4-7,15,19,27-28,41H,2-3,8-14,16-18,20-22H2,1H3,(H,40,49)(H,42,55)(H,43,50)(H,45,57)(H,53,54)(H3,38,39,56). The molecule has 27 heteroatoms. The third kappa shape index (κ3) is 19.5. The summed E-state index contributed by atoms with van der Waals surface area (Å²) in [6.45, 7) is -0.458. The van der Waals surface area contributed by atoms with E-state index in [1.165, 1.54) is 18.0 Å². The van der Waals surface area contributed by atoms with Gasteiger partial charge in [0.15, 0.2) is 11.2 Å². The number of carboxylic acids is 1. The lowest BCUT2D eigenvalue weighted by Gasteiger charge is -2.20. The van der Waals surface area contributed by atoms with E-state index in [1.807, 2.05) is 0 Å². The van der Waals surface area contributed by atoms with Gasteiger partial charge in [0, 0.05) is 44.5 Å². The van der Waals surface area contributed by atoms with Crippen LogP contribution in [0.4, 0.5) is 15.3 Å². The molecule has 0 spiro atoms. The van der Waals surface area contributed by atoms with E-state index in [0.717, 1.165) is 17.1 Å². The summed E-state index contributed by atoms with van der Waals surface area (Å²) in [7, 11) is 7.40. The van der Waals surface area contributed by atoms with Gasteiger partial charge in [-0.05, 0) is 30.5 Å². The van der Waals surface area contributed by atoms with E-state index < -0.39 is 90.5 Å². The Morgan fingerprint density at radius 2 is 1.73 bits per heavy atom. The van der Waals surface area contributed by atoms with Crippen LogP contribution in [-0.4, -0.2) is 150 Å². The number of nitrogens with one attached hydrogen (secondary N) is 6. The van der Waals surface area contributed by atoms with Gasteiger partial charge in [-0.15, -0.1) is 5.10 Å². The summed E-state index contributed by atoms with van der Waals surface area (Å²) in [5.74, 6) is -3.92. The second kappa shape index (κ2) is 27.6. The van der Waals surface area contributed by atoms with Crippen molar-refractivity contribution in [2.75, 3.05) is 65.0 Å². The Balaban J connectivity index is 1.53. The number of imide groups is 1. The van der Waals surface area contributed by atoms with E-state index in [-0.39, 0.29) is 78.3 Å². The van der Waals surface area contributed by atoms with Crippen LogP contribution in [-0.2, 0) is 78.4 Å². The lowest BCUT2D eigenvalue weighted by Crippen LogP contribution is -2.47. The van der Waals surface area contributed by atoms with Crippen molar-refractivity contribution in [1.29, 1.82) is 0 Å². The second-order valence-corrected chi connectivity index (χ2v) is 14.4. The number of methoxy groups -OCH3 is 1. The van der Waals surface area contributed by atoms with Crippen LogP contribution in [0.2, 0.25) is 0 Å². The normalized spacial score (nSPS) is 13.5. The number of benzene rings is 1. The summed E-state index contributed by atoms with van der Waals surface area (Å²) >= 11 is -1.97. The van der Waals surface area contributed by atoms with Gasteiger partial charge in [-0.3, -0.25) is 33.7 Å². The van der Waals surface area contributed by atoms with Crippen molar-refractivity contribution in [2.45, 2.75) is 57.3 Å². The summed E-state index contributed by atoms with van der Waals surface area (Å²) < 4.78 is 38.7. The zero-order valence-corrected chi connectivity index (χ0v) is 35.1. The lowest BCUT2D eigenvalue weighted by atomic mass is 9.93. The molecule has 1 aromatic carbocycles. The van der Waals surface area contributed by atoms with Gasteiger partial charge < -0.3 is 51.1 Å². The molecular weight excluding hydrogens is 853 g/mol. The van der Waals surface area contributed by atoms with Gasteiger partial charge in [-0.1, -0.05) is 23.2 Å². The molecule has 3 unspecified atom stereocenters. The third-order valence-corrected chi connectivity index (χ3v) is 9.38. The van der Waals surface area contributed by atoms with E-state index in [2.05, 4.69) is 41.0 Å². The molecule has 0 aliphatic carbocycles. The number of hydrogen-bond donors (Lipinski definition) is 8. The fourth-order valence-electron chi connectivity index (χ4n) is 5.44. The number of ether oxygens (including phenoxy) is 4. The van der Waals surface area contributed by atoms with Gasteiger partial charge in [0.1, 0.15) is 18.3 Å². The molecular formula is C36H50BN11O14S. The molecule has 0 saturated heterocycles. The number of primary amides is 1. The minimum Gasteiger partial charge on any atom is -0.481 e. The molecule has 1 aliphatic heterocycles. The van der Waals surface area contributed by atoms with Gasteiger partial charge in [-0.2, -0.15) is 0 Å². The van der Waals surface area contributed by atoms with E-state index in [9.17, 15) is 47.7 Å². The highest BCUT2D eigenvalue weighted by Gasteiger charge is 2.24. The van der Waals surface area contributed by atoms with Crippen molar-refractivity contribution >= 4 is 72.3 Å². The summed E-state index contributed by atoms with van der Waals surface area (Å²) in [5.41, 5.74) is 7.04. The van der Waals surface area contributed by atoms with Crippen molar-refractivity contribution in [1.82, 2.24) is 45.3 Å². The smallest absolute Gasteiger partial charge is 0.420 e. The molecule has 25 nitrogen and oxygen atoms in total. The minimum atomic E-state index is -1.97. The number of rotatable bonds is 30. The lowest BCUT2D eigenvalue weighted by molar-refractivity contribution is -0.139. The van der Waals surface area contributed by atoms with Crippen LogP contribution in [0.15, 0.2) is 36.5 Å². The summed E-state index contributed by atoms with van der Waals surface area (Å²) in [4.78, 5) is 97.6. The first kappa shape index (κ1) is 51.1. The van der Waals surface area contributed by atoms with E-state index in [0.29, 0.717) is 22.5 Å². The average molecular weight is 904 g/mol. The highest BCUT2D eigenvalue weighted by Crippen LogP contribution is 2.19. The molecule has 1 aliphatic rings. The fraction of sp³-hybridized carbons (Fsp3) is 0.500. The third-order valence-electron chi connectivity index (χ3n) is 8.57. The van der Waals surface area contributed by atoms with Crippen molar-refractivity contribution in [3.63, 3.8) is 0 Å². The Morgan fingerprint density at radius 3 is 2.43 bits per heavy atom. The Hall–Kier alpha value is -6.29. The monoisotopic (exact) mass is 903 g/mol. The number of amides is 8. The summed E-state index contributed by atoms with van der Waals surface area (Å²) in [6, 6.07) is 2.06. The number of carboxylic acid groups (broad SMARTS) is 1. The number of hydrogen-bond acceptors (Lipinski definition) is 15. The Kier molecular flexibility index (Phi) is 22.4. The first-order valence-corrected chi connectivity index (χ1v) is 20.4. The molecule has 0 saturated carbocycles. The average Bonchev–Trinajstić information content (AvgIpc) is 3.84. The Morgan fingerprint density at radius 1 is 0.968 bits per heavy atom. The quantitative estimate of drug-likeness (QED) is 0.0229. The molecule has 0 fully saturated rings. The van der Waals surface area contributed by atoms with Crippen LogP contribution in [0.1, 0.15) is 48.5 Å². The maximum Gasteiger partial charge on any atom is 0.420 e. The number of anilines is 1. The number of aromatic nitrogens is 3. The van der Waals surface area contributed by atoms with E-state index >= 15 is 0 Å². The van der Waals surface area contributed by atoms with E-state index in [1.54, 1.807) is 18.2 Å². The van der Waals surface area contributed by atoms with Crippen molar-refractivity contribution < 1.29 is 66.6 Å². The molecule has 3 rings (SSSR count). The Bertz CT molecular complexity index is 1950. The SMILES string of the molecule is [B]Cc1ccc(NC(=O)C(CCCNC(N)=O)NC(=O)CNC(=O)CCOCCN2C(=O)C=CC2=O)cc1COCc1cn(C(COC(=O)NS(=O)NCCOC)CC(=O)O)nn1. The zero-order valence-electron chi connectivity index (χ0n) is 34.3. The Labute approximate surface area is 365 Å². The number of carbonyl (C=O) groups excluding carboxylic acids is 7. The van der Waals surface area contributed by atoms with Crippen molar-refractivity contribution in [2.24, 2.45) is 5.73 Å². The first-order chi connectivity index (χ1) is 30.2. The molecule has 342 valence electrons. The second-order valence-electron chi connectivity index (χ2n) is 13.3. The number of carbonyl (C=O) groups is 8. The van der Waals surface area contributed by atoms with Gasteiger partial charge in [0.05, 0.1) is 72.6 Å². The number of aliphatic carboxylic acids is 1. The maximum atomic E-state index is 13.5. The number of nitrogens with two attached hydrogens (primary N) is 1. The molecule has 2 aromatic rings. The predicted octanol–water partition coefficient (Wildman–Crippen LogP) is -2.46. The van der Waals surface area contributed by atoms with Crippen molar-refractivity contribution in [3.8, 4) is 0 Å². The molecule has 0 bridgehead atoms. The van der Waals surface area contributed by atoms with Crippen molar-refractivity contribution in [3.05, 3.63) is 53.4 Å². The molecule has 3 atom stereocenters. The van der Waals surface area contributed by atoms with Crippen LogP contribution in [0, 0.1) is 0 Å². The van der Waals surface area contributed by atoms with Crippen LogP contribution in [0.25, 0.3) is 0 Å². The molecule has 8 amide bonds. The highest BCUT2D eigenvalue weighted by atomic mass is 32.2. The molecule has 1 aromatic heterocycles. The van der Waals surface area contributed by atoms with Gasteiger partial charge in [0.25, 0.3) is 11.8 Å². The number of nitrogens with zero attached hydrogens (tertiary/aromatic N) is 4. The van der Waals surface area contributed by atoms with Gasteiger partial charge in [-0.25, -0.2) is 27.9 Å². The van der Waals surface area contributed by atoms with Crippen LogP contribution < -0.4 is 36.4 Å². The largest absolute Gasteiger partial charge is 0.481 e. The van der Waals surface area contributed by atoms with Gasteiger partial charge >= 0.3 is 18.1 Å². The van der Waals surface area contributed by atoms with Gasteiger partial charge in [0.2, 0.25) is 17.7 Å². The van der Waals surface area contributed by atoms with Crippen LogP contribution in [0.5, 0.6) is 0 Å². The fourth-order valence-corrected chi connectivity index (χ4v) is 5.99. The molecule has 2 radical (unpaired) electrons. The van der Waals surface area contributed by atoms with Crippen LogP contribution >= 0.6 is 0 Å². The minimum absolute atomic E-state index is 0.0144. The maximum absolute atomic E-state index is 13.5. The molecule has 9 N–H and O–H groups in total. The van der Waals surface area contributed by atoms with Crippen LogP contribution in [0.3, 0.4) is 0 Å².